The molecule has 0 bridgehead atoms. The fraction of sp³-hybridized carbons (Fsp3) is 0.444. The summed E-state index contributed by atoms with van der Waals surface area (Å²) in [7, 11) is -2.89. The summed E-state index contributed by atoms with van der Waals surface area (Å²) in [5, 5.41) is 0. The van der Waals surface area contributed by atoms with Gasteiger partial charge in [-0.25, -0.2) is 8.42 Å². The Morgan fingerprint density at radius 3 is 2.80 bits per heavy atom. The monoisotopic (exact) mass is 246 g/mol. The highest BCUT2D eigenvalue weighted by Crippen LogP contribution is 2.04. The van der Waals surface area contributed by atoms with Crippen LogP contribution in [0.15, 0.2) is 18.3 Å². The molecular formula is C9H14N2O2S2. The highest BCUT2D eigenvalue weighted by Gasteiger charge is 2.05. The van der Waals surface area contributed by atoms with Crippen molar-refractivity contribution in [1.82, 2.24) is 4.57 Å². The Kier molecular flexibility index (Phi) is 3.87. The van der Waals surface area contributed by atoms with E-state index in [4.69, 9.17) is 18.0 Å². The summed E-state index contributed by atoms with van der Waals surface area (Å²) in [4.78, 5) is 0.333. The molecule has 0 fully saturated rings. The minimum absolute atomic E-state index is 0.182. The number of hydrogen-bond acceptors (Lipinski definition) is 3. The Bertz CT molecular complexity index is 448. The second kappa shape index (κ2) is 4.76. The first-order valence-electron chi connectivity index (χ1n) is 4.53. The highest BCUT2D eigenvalue weighted by molar-refractivity contribution is 7.90. The molecular weight excluding hydrogens is 232 g/mol. The average Bonchev–Trinajstić information content (AvgIpc) is 2.49. The SMILES string of the molecule is CS(=O)(=O)CCCn1cccc1C(N)=S. The van der Waals surface area contributed by atoms with E-state index >= 15 is 0 Å². The van der Waals surface area contributed by atoms with Crippen molar-refractivity contribution in [3.63, 3.8) is 0 Å². The van der Waals surface area contributed by atoms with Crippen LogP contribution < -0.4 is 5.73 Å². The second-order valence-electron chi connectivity index (χ2n) is 3.43. The molecule has 1 rings (SSSR count). The first-order valence-corrected chi connectivity index (χ1v) is 7.00. The number of rotatable bonds is 5. The van der Waals surface area contributed by atoms with Gasteiger partial charge in [0.1, 0.15) is 14.8 Å². The molecule has 0 saturated carbocycles. The van der Waals surface area contributed by atoms with Gasteiger partial charge in [-0.05, 0) is 18.6 Å². The Morgan fingerprint density at radius 2 is 2.27 bits per heavy atom. The van der Waals surface area contributed by atoms with Gasteiger partial charge in [0.15, 0.2) is 0 Å². The maximum atomic E-state index is 10.9. The first kappa shape index (κ1) is 12.2. The largest absolute Gasteiger partial charge is 0.388 e. The number of sulfone groups is 1. The molecule has 1 heterocycles. The predicted molar refractivity (Wildman–Crippen MR) is 64.6 cm³/mol. The zero-order valence-electron chi connectivity index (χ0n) is 8.51. The van der Waals surface area contributed by atoms with E-state index in [1.807, 2.05) is 22.9 Å². The molecule has 15 heavy (non-hydrogen) atoms. The molecule has 0 saturated heterocycles. The Balaban J connectivity index is 2.58. The number of nitrogens with zero attached hydrogens (tertiary/aromatic N) is 1. The van der Waals surface area contributed by atoms with Crippen LogP contribution in [0.5, 0.6) is 0 Å². The van der Waals surface area contributed by atoms with Crippen molar-refractivity contribution in [2.24, 2.45) is 5.73 Å². The Morgan fingerprint density at radius 1 is 1.60 bits per heavy atom. The van der Waals surface area contributed by atoms with Gasteiger partial charge in [-0.3, -0.25) is 0 Å². The lowest BCUT2D eigenvalue weighted by Crippen LogP contribution is -2.16. The van der Waals surface area contributed by atoms with E-state index in [-0.39, 0.29) is 5.75 Å². The van der Waals surface area contributed by atoms with Crippen LogP contribution in [0.25, 0.3) is 0 Å². The van der Waals surface area contributed by atoms with E-state index in [0.29, 0.717) is 18.0 Å². The first-order chi connectivity index (χ1) is 6.90. The molecule has 0 aliphatic heterocycles. The van der Waals surface area contributed by atoms with Gasteiger partial charge in [0, 0.05) is 19.0 Å². The summed E-state index contributed by atoms with van der Waals surface area (Å²) in [6.45, 7) is 0.618. The quantitative estimate of drug-likeness (QED) is 0.771. The van der Waals surface area contributed by atoms with Gasteiger partial charge in [0.25, 0.3) is 0 Å². The molecule has 0 amide bonds. The number of aromatic nitrogens is 1. The maximum absolute atomic E-state index is 10.9. The van der Waals surface area contributed by atoms with Gasteiger partial charge < -0.3 is 10.3 Å². The van der Waals surface area contributed by atoms with Gasteiger partial charge in [-0.2, -0.15) is 0 Å². The number of nitrogens with two attached hydrogens (primary N) is 1. The standard InChI is InChI=1S/C9H14N2O2S2/c1-15(12,13)7-3-6-11-5-2-4-8(11)9(10)14/h2,4-5H,3,6-7H2,1H3,(H2,10,14). The van der Waals surface area contributed by atoms with Crippen LogP contribution in [0.4, 0.5) is 0 Å². The zero-order valence-corrected chi connectivity index (χ0v) is 10.1. The topological polar surface area (TPSA) is 65.1 Å². The van der Waals surface area contributed by atoms with E-state index in [1.165, 1.54) is 6.26 Å². The lowest BCUT2D eigenvalue weighted by atomic mass is 10.4. The molecule has 0 unspecified atom stereocenters. The molecule has 0 radical (unpaired) electrons. The van der Waals surface area contributed by atoms with E-state index in [0.717, 1.165) is 5.69 Å². The van der Waals surface area contributed by atoms with Gasteiger partial charge in [-0.15, -0.1) is 0 Å². The van der Waals surface area contributed by atoms with Gasteiger partial charge >= 0.3 is 0 Å². The normalized spacial score (nSPS) is 11.5. The van der Waals surface area contributed by atoms with Crippen LogP contribution in [0.3, 0.4) is 0 Å². The van der Waals surface area contributed by atoms with Crippen LogP contribution in [0.1, 0.15) is 12.1 Å². The minimum Gasteiger partial charge on any atom is -0.388 e. The smallest absolute Gasteiger partial charge is 0.147 e. The fourth-order valence-electron chi connectivity index (χ4n) is 1.33. The Hall–Kier alpha value is -0.880. The van der Waals surface area contributed by atoms with Crippen molar-refractivity contribution in [3.8, 4) is 0 Å². The molecule has 0 spiro atoms. The summed E-state index contributed by atoms with van der Waals surface area (Å²) < 4.78 is 23.7. The number of aryl methyl sites for hydroxylation is 1. The van der Waals surface area contributed by atoms with Crippen LogP contribution >= 0.6 is 12.2 Å². The number of thiocarbonyl (C=S) groups is 1. The van der Waals surface area contributed by atoms with Crippen LogP contribution in [0, 0.1) is 0 Å². The van der Waals surface area contributed by atoms with Crippen molar-refractivity contribution in [1.29, 1.82) is 0 Å². The molecule has 0 aliphatic rings. The lowest BCUT2D eigenvalue weighted by Gasteiger charge is -2.06. The maximum Gasteiger partial charge on any atom is 0.147 e. The summed E-state index contributed by atoms with van der Waals surface area (Å²) in [5.41, 5.74) is 6.29. The van der Waals surface area contributed by atoms with Crippen molar-refractivity contribution < 1.29 is 8.42 Å². The van der Waals surface area contributed by atoms with Crippen molar-refractivity contribution in [2.75, 3.05) is 12.0 Å². The minimum atomic E-state index is -2.89. The molecule has 0 aromatic carbocycles. The van der Waals surface area contributed by atoms with Crippen molar-refractivity contribution in [2.45, 2.75) is 13.0 Å². The third-order valence-corrected chi connectivity index (χ3v) is 3.24. The van der Waals surface area contributed by atoms with E-state index in [2.05, 4.69) is 0 Å². The molecule has 1 aromatic heterocycles. The Labute approximate surface area is 95.0 Å². The van der Waals surface area contributed by atoms with Crippen LogP contribution in [0.2, 0.25) is 0 Å². The summed E-state index contributed by atoms with van der Waals surface area (Å²) >= 11 is 4.87. The lowest BCUT2D eigenvalue weighted by molar-refractivity contribution is 0.592. The second-order valence-corrected chi connectivity index (χ2v) is 6.13. The molecule has 0 aliphatic carbocycles. The summed E-state index contributed by atoms with van der Waals surface area (Å²) in [6, 6.07) is 3.66. The van der Waals surface area contributed by atoms with Crippen LogP contribution in [-0.4, -0.2) is 30.0 Å². The zero-order chi connectivity index (χ0) is 11.5. The van der Waals surface area contributed by atoms with E-state index in [9.17, 15) is 8.42 Å². The summed E-state index contributed by atoms with van der Waals surface area (Å²) in [5.74, 6) is 0.182. The third kappa shape index (κ3) is 4.01. The molecule has 84 valence electrons. The van der Waals surface area contributed by atoms with Gasteiger partial charge in [-0.1, -0.05) is 12.2 Å². The van der Waals surface area contributed by atoms with Crippen molar-refractivity contribution >= 4 is 27.0 Å². The average molecular weight is 246 g/mol. The third-order valence-electron chi connectivity index (χ3n) is 2.00. The van der Waals surface area contributed by atoms with Crippen LogP contribution in [-0.2, 0) is 16.4 Å². The number of hydrogen-bond donors (Lipinski definition) is 1. The van der Waals surface area contributed by atoms with Gasteiger partial charge in [0.05, 0.1) is 11.4 Å². The predicted octanol–water partition coefficient (Wildman–Crippen LogP) is 0.557. The van der Waals surface area contributed by atoms with E-state index < -0.39 is 9.84 Å². The highest BCUT2D eigenvalue weighted by atomic mass is 32.2. The molecule has 6 heteroatoms. The fourth-order valence-corrected chi connectivity index (χ4v) is 2.17. The van der Waals surface area contributed by atoms with Gasteiger partial charge in [0.2, 0.25) is 0 Å². The molecule has 2 N–H and O–H groups in total. The molecule has 1 aromatic rings. The molecule has 4 nitrogen and oxygen atoms in total. The van der Waals surface area contributed by atoms with Crippen molar-refractivity contribution in [3.05, 3.63) is 24.0 Å². The summed E-state index contributed by atoms with van der Waals surface area (Å²) in [6.07, 6.45) is 3.65. The van der Waals surface area contributed by atoms with E-state index in [1.54, 1.807) is 0 Å². The molecule has 0 atom stereocenters.